The first kappa shape index (κ1) is 107. The van der Waals surface area contributed by atoms with E-state index in [0.29, 0.717) is 25.7 Å². The molecule has 0 spiro atoms. The number of carbonyl (C=O) groups excluding carboxylic acids is 4. The second-order valence-electron chi connectivity index (χ2n) is 32.8. The van der Waals surface area contributed by atoms with Gasteiger partial charge in [-0.25, -0.2) is 9.13 Å². The summed E-state index contributed by atoms with van der Waals surface area (Å²) >= 11 is 0. The number of hydrogen-bond acceptors (Lipinski definition) is 15. The van der Waals surface area contributed by atoms with Gasteiger partial charge in [-0.05, 0) is 37.5 Å². The van der Waals surface area contributed by atoms with Gasteiger partial charge >= 0.3 is 39.5 Å². The SMILES string of the molecule is CCCCCCCCCCCCCCCCCCCCC(=O)O[C@H](COC(=O)CCCCCCCCCCCCC)COP(=O)(O)OC[C@H](O)COP(=O)(O)OC[C@@H](COC(=O)CCCCCCCCCCCCCCCCC(C)CC)OC(=O)CCCCCCCCCCCCCCCCCCCCC(C)CC. The van der Waals surface area contributed by atoms with Gasteiger partial charge in [0.2, 0.25) is 0 Å². The van der Waals surface area contributed by atoms with Crippen molar-refractivity contribution in [1.82, 2.24) is 0 Å². The molecule has 109 heavy (non-hydrogen) atoms. The van der Waals surface area contributed by atoms with Crippen LogP contribution in [0.1, 0.15) is 485 Å². The first-order valence-electron chi connectivity index (χ1n) is 46.6. The largest absolute Gasteiger partial charge is 0.472 e. The minimum Gasteiger partial charge on any atom is -0.462 e. The number of esters is 4. The van der Waals surface area contributed by atoms with Crippen LogP contribution in [0.5, 0.6) is 0 Å². The van der Waals surface area contributed by atoms with Gasteiger partial charge in [0, 0.05) is 25.7 Å². The van der Waals surface area contributed by atoms with E-state index in [2.05, 4.69) is 41.5 Å². The summed E-state index contributed by atoms with van der Waals surface area (Å²) in [6, 6.07) is 0. The minimum atomic E-state index is -4.97. The third-order valence-corrected chi connectivity index (χ3v) is 23.8. The second-order valence-corrected chi connectivity index (χ2v) is 35.7. The lowest BCUT2D eigenvalue weighted by Crippen LogP contribution is -2.30. The van der Waals surface area contributed by atoms with E-state index < -0.39 is 97.5 Å². The average Bonchev–Trinajstić information content (AvgIpc) is 0.913. The van der Waals surface area contributed by atoms with E-state index in [1.807, 2.05) is 0 Å². The van der Waals surface area contributed by atoms with Crippen LogP contribution in [0.4, 0.5) is 0 Å². The summed E-state index contributed by atoms with van der Waals surface area (Å²) in [4.78, 5) is 73.4. The molecule has 0 bridgehead atoms. The van der Waals surface area contributed by atoms with E-state index in [1.165, 1.54) is 302 Å². The van der Waals surface area contributed by atoms with Gasteiger partial charge in [0.15, 0.2) is 12.2 Å². The Morgan fingerprint density at radius 3 is 0.651 bits per heavy atom. The highest BCUT2D eigenvalue weighted by atomic mass is 31.2. The topological polar surface area (TPSA) is 237 Å². The van der Waals surface area contributed by atoms with Gasteiger partial charge in [-0.1, -0.05) is 433 Å². The fourth-order valence-electron chi connectivity index (χ4n) is 14.1. The van der Waals surface area contributed by atoms with Crippen LogP contribution in [-0.2, 0) is 65.4 Å². The summed E-state index contributed by atoms with van der Waals surface area (Å²) in [5, 5.41) is 10.7. The molecule has 0 heterocycles. The van der Waals surface area contributed by atoms with Crippen molar-refractivity contribution in [2.45, 2.75) is 503 Å². The molecule has 0 fully saturated rings. The average molecular weight is 1590 g/mol. The summed E-state index contributed by atoms with van der Waals surface area (Å²) in [6.45, 7) is 9.82. The third-order valence-electron chi connectivity index (χ3n) is 21.9. The molecule has 3 N–H and O–H groups in total. The highest BCUT2D eigenvalue weighted by Crippen LogP contribution is 2.45. The van der Waals surface area contributed by atoms with Crippen molar-refractivity contribution in [3.05, 3.63) is 0 Å². The summed E-state index contributed by atoms with van der Waals surface area (Å²) in [5.41, 5.74) is 0. The van der Waals surface area contributed by atoms with Crippen LogP contribution in [-0.4, -0.2) is 96.7 Å². The number of aliphatic hydroxyl groups is 1. The molecule has 4 unspecified atom stereocenters. The fraction of sp³-hybridized carbons (Fsp3) is 0.956. The molecule has 17 nitrogen and oxygen atoms in total. The Kier molecular flexibility index (Phi) is 79.8. The van der Waals surface area contributed by atoms with Crippen molar-refractivity contribution in [1.29, 1.82) is 0 Å². The van der Waals surface area contributed by atoms with Crippen LogP contribution < -0.4 is 0 Å². The van der Waals surface area contributed by atoms with Gasteiger partial charge in [-0.15, -0.1) is 0 Å². The van der Waals surface area contributed by atoms with E-state index in [-0.39, 0.29) is 25.7 Å². The Labute approximate surface area is 670 Å². The molecule has 0 saturated carbocycles. The quantitative estimate of drug-likeness (QED) is 0.0222. The molecule has 0 rings (SSSR count). The maximum atomic E-state index is 13.2. The normalized spacial score (nSPS) is 14.2. The van der Waals surface area contributed by atoms with Crippen LogP contribution in [0.15, 0.2) is 0 Å². The van der Waals surface area contributed by atoms with Crippen LogP contribution >= 0.6 is 15.6 Å². The number of carbonyl (C=O) groups is 4. The molecule has 0 saturated heterocycles. The predicted octanol–water partition coefficient (Wildman–Crippen LogP) is 27.8. The molecule has 19 heteroatoms. The zero-order valence-corrected chi connectivity index (χ0v) is 73.7. The van der Waals surface area contributed by atoms with Crippen molar-refractivity contribution in [3.63, 3.8) is 0 Å². The van der Waals surface area contributed by atoms with Gasteiger partial charge in [-0.2, -0.15) is 0 Å². The maximum absolute atomic E-state index is 13.2. The first-order valence-corrected chi connectivity index (χ1v) is 49.6. The summed E-state index contributed by atoms with van der Waals surface area (Å²) in [6.07, 6.45) is 74.8. The Balaban J connectivity index is 5.24. The van der Waals surface area contributed by atoms with Crippen LogP contribution in [0.25, 0.3) is 0 Å². The molecule has 7 atom stereocenters. The summed E-state index contributed by atoms with van der Waals surface area (Å²) in [7, 11) is -9.93. The van der Waals surface area contributed by atoms with Crippen molar-refractivity contribution in [3.8, 4) is 0 Å². The van der Waals surface area contributed by atoms with Crippen molar-refractivity contribution < 1.29 is 80.2 Å². The summed E-state index contributed by atoms with van der Waals surface area (Å²) < 4.78 is 69.0. The van der Waals surface area contributed by atoms with Gasteiger partial charge < -0.3 is 33.8 Å². The van der Waals surface area contributed by atoms with Gasteiger partial charge in [-0.3, -0.25) is 37.3 Å². The van der Waals surface area contributed by atoms with Crippen LogP contribution in [0.3, 0.4) is 0 Å². The number of ether oxygens (including phenoxy) is 4. The summed E-state index contributed by atoms with van der Waals surface area (Å²) in [5.74, 6) is -0.375. The standard InChI is InChI=1S/C90H176O17P2/c1-7-11-13-15-17-19-21-22-23-24-28-31-38-44-50-56-62-68-74-89(94)106-85(78-100-87(92)72-66-60-54-48-40-20-18-16-14-12-8-2)80-104-108(96,97)102-76-84(91)77-103-109(98,99)105-81-86(79-101-88(93)73-67-61-55-49-43-37-34-33-36-42-47-53-59-65-71-83(6)10-4)107-90(95)75-69-63-57-51-45-39-32-29-26-25-27-30-35-41-46-52-58-64-70-82(5)9-3/h82-86,91H,7-81H2,1-6H3,(H,96,97)(H,98,99)/t82?,83?,84-,85+,86+/m0/s1. The molecule has 648 valence electrons. The fourth-order valence-corrected chi connectivity index (χ4v) is 15.6. The van der Waals surface area contributed by atoms with E-state index in [0.717, 1.165) is 102 Å². The Hall–Kier alpha value is -1.94. The van der Waals surface area contributed by atoms with Gasteiger partial charge in [0.25, 0.3) is 0 Å². The van der Waals surface area contributed by atoms with E-state index in [4.69, 9.17) is 37.0 Å². The number of unbranched alkanes of at least 4 members (excludes halogenated alkanes) is 57. The van der Waals surface area contributed by atoms with Crippen molar-refractivity contribution >= 4 is 39.5 Å². The number of hydrogen-bond donors (Lipinski definition) is 3. The Morgan fingerprint density at radius 2 is 0.440 bits per heavy atom. The van der Waals surface area contributed by atoms with E-state index >= 15 is 0 Å². The van der Waals surface area contributed by atoms with E-state index in [9.17, 15) is 43.2 Å². The number of phosphoric ester groups is 2. The molecule has 0 aromatic rings. The molecule has 0 aliphatic rings. The Morgan fingerprint density at radius 1 is 0.257 bits per heavy atom. The minimum absolute atomic E-state index is 0.109. The first-order chi connectivity index (χ1) is 52.9. The molecule has 0 aliphatic carbocycles. The molecule has 0 aliphatic heterocycles. The van der Waals surface area contributed by atoms with Crippen LogP contribution in [0, 0.1) is 11.8 Å². The predicted molar refractivity (Wildman–Crippen MR) is 451 cm³/mol. The number of aliphatic hydroxyl groups excluding tert-OH is 1. The smallest absolute Gasteiger partial charge is 0.462 e. The number of phosphoric acid groups is 2. The number of rotatable bonds is 89. The lowest BCUT2D eigenvalue weighted by Gasteiger charge is -2.21. The zero-order valence-electron chi connectivity index (χ0n) is 71.9. The molecule has 0 aromatic carbocycles. The monoisotopic (exact) mass is 1590 g/mol. The molecule has 0 aromatic heterocycles. The zero-order chi connectivity index (χ0) is 79.9. The van der Waals surface area contributed by atoms with Gasteiger partial charge in [0.1, 0.15) is 19.3 Å². The second kappa shape index (κ2) is 81.2. The lowest BCUT2D eigenvalue weighted by molar-refractivity contribution is -0.161. The van der Waals surface area contributed by atoms with Crippen molar-refractivity contribution in [2.75, 3.05) is 39.6 Å². The molecule has 0 radical (unpaired) electrons. The van der Waals surface area contributed by atoms with Crippen molar-refractivity contribution in [2.24, 2.45) is 11.8 Å². The third kappa shape index (κ3) is 81.0. The highest BCUT2D eigenvalue weighted by Gasteiger charge is 2.31. The van der Waals surface area contributed by atoms with E-state index in [1.54, 1.807) is 0 Å². The van der Waals surface area contributed by atoms with Crippen LogP contribution in [0.2, 0.25) is 0 Å². The molecular weight excluding hydrogens is 1410 g/mol. The Bertz CT molecular complexity index is 2080. The van der Waals surface area contributed by atoms with Gasteiger partial charge in [0.05, 0.1) is 26.4 Å². The lowest BCUT2D eigenvalue weighted by atomic mass is 9.99. The maximum Gasteiger partial charge on any atom is 0.472 e. The molecule has 0 amide bonds. The highest BCUT2D eigenvalue weighted by molar-refractivity contribution is 7.47. The molecular formula is C90H176O17P2.